The summed E-state index contributed by atoms with van der Waals surface area (Å²) in [5.41, 5.74) is 9.24. The molecule has 0 aliphatic rings. The lowest BCUT2D eigenvalue weighted by Gasteiger charge is -2.25. The molecule has 21 heavy (non-hydrogen) atoms. The molecule has 0 unspecified atom stereocenters. The van der Waals surface area contributed by atoms with Crippen LogP contribution in [0.2, 0.25) is 0 Å². The third-order valence-corrected chi connectivity index (χ3v) is 3.64. The maximum Gasteiger partial charge on any atom is 0.0632 e. The van der Waals surface area contributed by atoms with E-state index in [4.69, 9.17) is 5.73 Å². The minimum Gasteiger partial charge on any atom is -0.397 e. The van der Waals surface area contributed by atoms with Crippen LogP contribution in [0.3, 0.4) is 0 Å². The van der Waals surface area contributed by atoms with Gasteiger partial charge in [0.25, 0.3) is 0 Å². The van der Waals surface area contributed by atoms with Crippen LogP contribution >= 0.6 is 0 Å². The Labute approximate surface area is 124 Å². The first-order valence-corrected chi connectivity index (χ1v) is 7.06. The summed E-state index contributed by atoms with van der Waals surface area (Å²) < 4.78 is 0. The lowest BCUT2D eigenvalue weighted by Crippen LogP contribution is -2.23. The Morgan fingerprint density at radius 2 is 2.00 bits per heavy atom. The van der Waals surface area contributed by atoms with E-state index < -0.39 is 0 Å². The van der Waals surface area contributed by atoms with Crippen molar-refractivity contribution in [3.05, 3.63) is 60.7 Å². The van der Waals surface area contributed by atoms with Crippen molar-refractivity contribution >= 4 is 22.1 Å². The summed E-state index contributed by atoms with van der Waals surface area (Å²) >= 11 is 0. The molecule has 0 saturated carbocycles. The van der Waals surface area contributed by atoms with Crippen molar-refractivity contribution in [1.29, 1.82) is 0 Å². The second-order valence-electron chi connectivity index (χ2n) is 4.93. The summed E-state index contributed by atoms with van der Waals surface area (Å²) in [6.07, 6.45) is 5.43. The van der Waals surface area contributed by atoms with Crippen LogP contribution in [0.4, 0.5) is 11.4 Å². The largest absolute Gasteiger partial charge is 0.397 e. The van der Waals surface area contributed by atoms with Gasteiger partial charge in [0.2, 0.25) is 0 Å². The van der Waals surface area contributed by atoms with Gasteiger partial charge in [-0.3, -0.25) is 9.97 Å². The van der Waals surface area contributed by atoms with Gasteiger partial charge in [0, 0.05) is 35.9 Å². The van der Waals surface area contributed by atoms with E-state index in [1.54, 1.807) is 6.20 Å². The van der Waals surface area contributed by atoms with Gasteiger partial charge in [-0.2, -0.15) is 0 Å². The number of fused-ring (bicyclic) bond motifs is 1. The number of nitrogen functional groups attached to an aromatic ring is 1. The zero-order valence-corrected chi connectivity index (χ0v) is 12.0. The molecule has 2 aromatic heterocycles. The molecule has 4 nitrogen and oxygen atoms in total. The number of hydrogen-bond acceptors (Lipinski definition) is 4. The molecule has 4 heteroatoms. The maximum absolute atomic E-state index is 6.36. The van der Waals surface area contributed by atoms with E-state index in [0.29, 0.717) is 0 Å². The number of hydrogen-bond donors (Lipinski definition) is 1. The fourth-order valence-electron chi connectivity index (χ4n) is 2.51. The number of nitrogens with zero attached hydrogens (tertiary/aromatic N) is 3. The summed E-state index contributed by atoms with van der Waals surface area (Å²) in [5.74, 6) is 0. The summed E-state index contributed by atoms with van der Waals surface area (Å²) in [4.78, 5) is 10.8. The molecule has 106 valence electrons. The van der Waals surface area contributed by atoms with Gasteiger partial charge in [-0.1, -0.05) is 12.1 Å². The van der Waals surface area contributed by atoms with Gasteiger partial charge in [-0.05, 0) is 31.2 Å². The van der Waals surface area contributed by atoms with Crippen molar-refractivity contribution in [3.8, 4) is 0 Å². The second-order valence-corrected chi connectivity index (χ2v) is 4.93. The normalized spacial score (nSPS) is 10.7. The van der Waals surface area contributed by atoms with Crippen molar-refractivity contribution in [1.82, 2.24) is 9.97 Å². The van der Waals surface area contributed by atoms with E-state index in [1.165, 1.54) is 0 Å². The predicted molar refractivity (Wildman–Crippen MR) is 87.1 cm³/mol. The van der Waals surface area contributed by atoms with Gasteiger partial charge >= 0.3 is 0 Å². The van der Waals surface area contributed by atoms with Gasteiger partial charge in [0.1, 0.15) is 0 Å². The molecular weight excluding hydrogens is 260 g/mol. The van der Waals surface area contributed by atoms with Crippen molar-refractivity contribution in [3.63, 3.8) is 0 Å². The number of pyridine rings is 2. The molecule has 0 amide bonds. The summed E-state index contributed by atoms with van der Waals surface area (Å²) in [5, 5.41) is 2.11. The Morgan fingerprint density at radius 3 is 2.76 bits per heavy atom. The summed E-state index contributed by atoms with van der Waals surface area (Å²) in [7, 11) is 0. The molecular formula is C17H18N4. The standard InChI is InChI=1S/C17H18N4/c1-2-21(12-14-5-3-4-9-20-14)16-7-6-13-11-19-10-8-15(13)17(16)18/h3-11H,2,12,18H2,1H3. The Balaban J connectivity index is 1.99. The molecule has 0 aliphatic heterocycles. The zero-order chi connectivity index (χ0) is 14.7. The van der Waals surface area contributed by atoms with E-state index in [1.807, 2.05) is 36.7 Å². The molecule has 3 aromatic rings. The van der Waals surface area contributed by atoms with Crippen LogP contribution in [-0.4, -0.2) is 16.5 Å². The molecule has 0 radical (unpaired) electrons. The van der Waals surface area contributed by atoms with E-state index in [2.05, 4.69) is 33.9 Å². The third kappa shape index (κ3) is 2.65. The first-order valence-electron chi connectivity index (χ1n) is 7.06. The Bertz CT molecular complexity index is 740. The molecule has 0 fully saturated rings. The van der Waals surface area contributed by atoms with E-state index in [0.717, 1.165) is 40.9 Å². The van der Waals surface area contributed by atoms with Crippen LogP contribution in [0.5, 0.6) is 0 Å². The lowest BCUT2D eigenvalue weighted by molar-refractivity contribution is 0.811. The highest BCUT2D eigenvalue weighted by Crippen LogP contribution is 2.31. The van der Waals surface area contributed by atoms with E-state index in [9.17, 15) is 0 Å². The van der Waals surface area contributed by atoms with Gasteiger partial charge < -0.3 is 10.6 Å². The molecule has 0 atom stereocenters. The molecule has 3 rings (SSSR count). The number of anilines is 2. The number of nitrogens with two attached hydrogens (primary N) is 1. The third-order valence-electron chi connectivity index (χ3n) is 3.64. The number of rotatable bonds is 4. The SMILES string of the molecule is CCN(Cc1ccccn1)c1ccc2cnccc2c1N. The number of benzene rings is 1. The highest BCUT2D eigenvalue weighted by molar-refractivity contribution is 5.98. The molecule has 2 N–H and O–H groups in total. The molecule has 1 aromatic carbocycles. The lowest BCUT2D eigenvalue weighted by atomic mass is 10.1. The Kier molecular flexibility index (Phi) is 3.69. The van der Waals surface area contributed by atoms with Crippen molar-refractivity contribution in [2.24, 2.45) is 0 Å². The quantitative estimate of drug-likeness (QED) is 0.744. The van der Waals surface area contributed by atoms with Gasteiger partial charge in [-0.25, -0.2) is 0 Å². The van der Waals surface area contributed by atoms with Crippen LogP contribution < -0.4 is 10.6 Å². The van der Waals surface area contributed by atoms with Crippen LogP contribution in [0.1, 0.15) is 12.6 Å². The summed E-state index contributed by atoms with van der Waals surface area (Å²) in [6, 6.07) is 12.1. The number of aromatic nitrogens is 2. The smallest absolute Gasteiger partial charge is 0.0632 e. The van der Waals surface area contributed by atoms with E-state index >= 15 is 0 Å². The first-order chi connectivity index (χ1) is 10.3. The van der Waals surface area contributed by atoms with Gasteiger partial charge in [0.05, 0.1) is 23.6 Å². The van der Waals surface area contributed by atoms with Gasteiger partial charge in [0.15, 0.2) is 0 Å². The molecule has 0 spiro atoms. The molecule has 0 aliphatic carbocycles. The topological polar surface area (TPSA) is 55.0 Å². The minimum atomic E-state index is 0.748. The fourth-order valence-corrected chi connectivity index (χ4v) is 2.51. The van der Waals surface area contributed by atoms with Crippen LogP contribution in [0, 0.1) is 0 Å². The van der Waals surface area contributed by atoms with Gasteiger partial charge in [-0.15, -0.1) is 0 Å². The zero-order valence-electron chi connectivity index (χ0n) is 12.0. The monoisotopic (exact) mass is 278 g/mol. The van der Waals surface area contributed by atoms with Crippen LogP contribution in [0.25, 0.3) is 10.8 Å². The average Bonchev–Trinajstić information content (AvgIpc) is 2.55. The summed E-state index contributed by atoms with van der Waals surface area (Å²) in [6.45, 7) is 3.74. The second kappa shape index (κ2) is 5.79. The van der Waals surface area contributed by atoms with E-state index in [-0.39, 0.29) is 0 Å². The minimum absolute atomic E-state index is 0.748. The fraction of sp³-hybridized carbons (Fsp3) is 0.176. The first kappa shape index (κ1) is 13.4. The maximum atomic E-state index is 6.36. The van der Waals surface area contributed by atoms with Crippen LogP contribution in [0.15, 0.2) is 55.0 Å². The van der Waals surface area contributed by atoms with Crippen molar-refractivity contribution in [2.45, 2.75) is 13.5 Å². The Hall–Kier alpha value is -2.62. The molecule has 0 saturated heterocycles. The van der Waals surface area contributed by atoms with Crippen LogP contribution in [-0.2, 0) is 6.54 Å². The van der Waals surface area contributed by atoms with Crippen molar-refractivity contribution in [2.75, 3.05) is 17.2 Å². The highest BCUT2D eigenvalue weighted by Gasteiger charge is 2.11. The predicted octanol–water partition coefficient (Wildman–Crippen LogP) is 3.24. The Morgan fingerprint density at radius 1 is 1.10 bits per heavy atom. The molecule has 2 heterocycles. The van der Waals surface area contributed by atoms with Crippen molar-refractivity contribution < 1.29 is 0 Å². The highest BCUT2D eigenvalue weighted by atomic mass is 15.1. The average molecular weight is 278 g/mol. The molecule has 0 bridgehead atoms.